The van der Waals surface area contributed by atoms with Crippen LogP contribution in [0.1, 0.15) is 20.8 Å². The third kappa shape index (κ3) is 5.25. The molecule has 0 aliphatic carbocycles. The quantitative estimate of drug-likeness (QED) is 0.571. The van der Waals surface area contributed by atoms with Gasteiger partial charge in [0.15, 0.2) is 0 Å². The second-order valence-corrected chi connectivity index (χ2v) is 3.52. The normalized spacial score (nSPS) is 12.5. The van der Waals surface area contributed by atoms with E-state index in [0.29, 0.717) is 0 Å². The molecule has 0 bridgehead atoms. The monoisotopic (exact) mass is 218 g/mol. The minimum atomic E-state index is -0.371. The first-order valence-corrected chi connectivity index (χ1v) is 4.86. The summed E-state index contributed by atoms with van der Waals surface area (Å²) < 4.78 is 0. The predicted octanol–water partition coefficient (Wildman–Crippen LogP) is 2.50. The van der Waals surface area contributed by atoms with Gasteiger partial charge in [0.25, 0.3) is 0 Å². The zero-order chi connectivity index (χ0) is 8.85. The van der Waals surface area contributed by atoms with Crippen molar-refractivity contribution in [2.24, 2.45) is 5.92 Å². The van der Waals surface area contributed by atoms with Crippen molar-refractivity contribution in [3.05, 3.63) is 17.4 Å². The van der Waals surface area contributed by atoms with Crippen LogP contribution >= 0.6 is 15.9 Å². The highest BCUT2D eigenvalue weighted by atomic mass is 79.9. The molecular weight excluding hydrogens is 204 g/mol. The molecule has 0 amide bonds. The Balaban J connectivity index is 4.11. The van der Waals surface area contributed by atoms with Gasteiger partial charge in [0.1, 0.15) is 0 Å². The van der Waals surface area contributed by atoms with Crippen LogP contribution in [0.25, 0.3) is 0 Å². The fourth-order valence-electron chi connectivity index (χ4n) is 0.459. The Morgan fingerprint density at radius 3 is 2.55 bits per heavy atom. The standard InChI is InChI=1S/C9H15BrO/c1-7(2)9(11)5-4-8(3)6-10/h5,7,9,11H,6H2,1-3H3. The fraction of sp³-hybridized carbons (Fsp3) is 0.667. The van der Waals surface area contributed by atoms with Crippen molar-refractivity contribution < 1.29 is 5.11 Å². The molecule has 0 aliphatic heterocycles. The number of hydrogen-bond donors (Lipinski definition) is 1. The first kappa shape index (κ1) is 11.0. The summed E-state index contributed by atoms with van der Waals surface area (Å²) >= 11 is 3.30. The summed E-state index contributed by atoms with van der Waals surface area (Å²) in [5, 5.41) is 10.1. The molecule has 1 N–H and O–H groups in total. The van der Waals surface area contributed by atoms with Crippen LogP contribution in [0.4, 0.5) is 0 Å². The lowest BCUT2D eigenvalue weighted by atomic mass is 10.1. The van der Waals surface area contributed by atoms with Gasteiger partial charge in [-0.05, 0) is 24.5 Å². The van der Waals surface area contributed by atoms with Crippen molar-refractivity contribution >= 4 is 15.9 Å². The highest BCUT2D eigenvalue weighted by Crippen LogP contribution is 2.02. The predicted molar refractivity (Wildman–Crippen MR) is 51.9 cm³/mol. The van der Waals surface area contributed by atoms with Gasteiger partial charge >= 0.3 is 0 Å². The van der Waals surface area contributed by atoms with E-state index < -0.39 is 0 Å². The molecule has 1 nitrogen and oxygen atoms in total. The number of aliphatic hydroxyl groups is 1. The van der Waals surface area contributed by atoms with Gasteiger partial charge in [0.2, 0.25) is 0 Å². The molecule has 11 heavy (non-hydrogen) atoms. The smallest absolute Gasteiger partial charge is 0.0817 e. The number of halogens is 1. The molecule has 0 aromatic rings. The van der Waals surface area contributed by atoms with Gasteiger partial charge in [-0.25, -0.2) is 0 Å². The zero-order valence-corrected chi connectivity index (χ0v) is 8.85. The average Bonchev–Trinajstić information content (AvgIpc) is 1.99. The molecule has 0 saturated heterocycles. The summed E-state index contributed by atoms with van der Waals surface area (Å²) in [7, 11) is 0. The first-order valence-electron chi connectivity index (χ1n) is 3.74. The van der Waals surface area contributed by atoms with Gasteiger partial charge in [-0.2, -0.15) is 0 Å². The second-order valence-electron chi connectivity index (χ2n) is 2.96. The summed E-state index contributed by atoms with van der Waals surface area (Å²) in [6.45, 7) is 5.93. The molecule has 0 radical (unpaired) electrons. The maximum atomic E-state index is 9.32. The molecule has 2 heteroatoms. The van der Waals surface area contributed by atoms with E-state index in [1.807, 2.05) is 20.8 Å². The van der Waals surface area contributed by atoms with Gasteiger partial charge in [-0.15, -0.1) is 5.73 Å². The van der Waals surface area contributed by atoms with Crippen LogP contribution in [0.2, 0.25) is 0 Å². The van der Waals surface area contributed by atoms with E-state index in [1.165, 1.54) is 0 Å². The van der Waals surface area contributed by atoms with Crippen molar-refractivity contribution in [1.29, 1.82) is 0 Å². The van der Waals surface area contributed by atoms with Crippen LogP contribution in [-0.2, 0) is 0 Å². The largest absolute Gasteiger partial charge is 0.388 e. The maximum absolute atomic E-state index is 9.32. The molecule has 0 rings (SSSR count). The van der Waals surface area contributed by atoms with E-state index in [1.54, 1.807) is 6.08 Å². The Kier molecular flexibility index (Phi) is 5.57. The van der Waals surface area contributed by atoms with E-state index in [4.69, 9.17) is 0 Å². The Bertz CT molecular complexity index is 166. The molecular formula is C9H15BrO. The molecule has 0 saturated carbocycles. The van der Waals surface area contributed by atoms with Crippen LogP contribution < -0.4 is 0 Å². The molecule has 1 unspecified atom stereocenters. The number of rotatable bonds is 3. The first-order chi connectivity index (χ1) is 5.07. The van der Waals surface area contributed by atoms with Gasteiger partial charge in [-0.3, -0.25) is 0 Å². The van der Waals surface area contributed by atoms with Crippen LogP contribution in [-0.4, -0.2) is 16.5 Å². The summed E-state index contributed by atoms with van der Waals surface area (Å²) in [6.07, 6.45) is 1.34. The van der Waals surface area contributed by atoms with E-state index in [0.717, 1.165) is 10.9 Å². The maximum Gasteiger partial charge on any atom is 0.0817 e. The Hall–Kier alpha value is -0.0400. The molecule has 0 heterocycles. The van der Waals surface area contributed by atoms with E-state index in [2.05, 4.69) is 21.7 Å². The molecule has 64 valence electrons. The van der Waals surface area contributed by atoms with Crippen LogP contribution in [0.15, 0.2) is 17.4 Å². The van der Waals surface area contributed by atoms with E-state index in [-0.39, 0.29) is 12.0 Å². The lowest BCUT2D eigenvalue weighted by molar-refractivity contribution is 0.172. The Labute approximate surface area is 76.9 Å². The third-order valence-corrected chi connectivity index (χ3v) is 2.23. The van der Waals surface area contributed by atoms with Gasteiger partial charge in [0.05, 0.1) is 6.10 Å². The molecule has 0 aromatic carbocycles. The number of hydrogen-bond acceptors (Lipinski definition) is 1. The van der Waals surface area contributed by atoms with Crippen molar-refractivity contribution in [3.8, 4) is 0 Å². The Morgan fingerprint density at radius 2 is 2.18 bits per heavy atom. The zero-order valence-electron chi connectivity index (χ0n) is 7.26. The van der Waals surface area contributed by atoms with Gasteiger partial charge in [0, 0.05) is 5.33 Å². The van der Waals surface area contributed by atoms with Gasteiger partial charge in [-0.1, -0.05) is 29.8 Å². The third-order valence-electron chi connectivity index (χ3n) is 1.38. The molecule has 0 aromatic heterocycles. The SMILES string of the molecule is CC(=C=CC(O)C(C)C)CBr. The average molecular weight is 219 g/mol. The molecule has 0 fully saturated rings. The second kappa shape index (κ2) is 5.59. The molecule has 0 aliphatic rings. The van der Waals surface area contributed by atoms with Crippen molar-refractivity contribution in [1.82, 2.24) is 0 Å². The lowest BCUT2D eigenvalue weighted by Gasteiger charge is -2.06. The molecule has 1 atom stereocenters. The van der Waals surface area contributed by atoms with Crippen molar-refractivity contribution in [2.75, 3.05) is 5.33 Å². The number of aliphatic hydroxyl groups excluding tert-OH is 1. The Morgan fingerprint density at radius 1 is 1.64 bits per heavy atom. The summed E-state index contributed by atoms with van der Waals surface area (Å²) in [5.74, 6) is 0.269. The van der Waals surface area contributed by atoms with Crippen molar-refractivity contribution in [3.63, 3.8) is 0 Å². The summed E-state index contributed by atoms with van der Waals surface area (Å²) in [6, 6.07) is 0. The number of alkyl halides is 1. The van der Waals surface area contributed by atoms with E-state index >= 15 is 0 Å². The van der Waals surface area contributed by atoms with Crippen molar-refractivity contribution in [2.45, 2.75) is 26.9 Å². The summed E-state index contributed by atoms with van der Waals surface area (Å²) in [5.41, 5.74) is 4.11. The topological polar surface area (TPSA) is 20.2 Å². The van der Waals surface area contributed by atoms with Crippen LogP contribution in [0, 0.1) is 5.92 Å². The lowest BCUT2D eigenvalue weighted by Crippen LogP contribution is -2.09. The highest BCUT2D eigenvalue weighted by molar-refractivity contribution is 9.09. The van der Waals surface area contributed by atoms with Crippen LogP contribution in [0.5, 0.6) is 0 Å². The summed E-state index contributed by atoms with van der Waals surface area (Å²) in [4.78, 5) is 0. The highest BCUT2D eigenvalue weighted by Gasteiger charge is 2.02. The van der Waals surface area contributed by atoms with E-state index in [9.17, 15) is 5.11 Å². The van der Waals surface area contributed by atoms with Crippen LogP contribution in [0.3, 0.4) is 0 Å². The minimum Gasteiger partial charge on any atom is -0.388 e. The minimum absolute atomic E-state index is 0.269. The fourth-order valence-corrected chi connectivity index (χ4v) is 0.621. The molecule has 0 spiro atoms. The van der Waals surface area contributed by atoms with Gasteiger partial charge < -0.3 is 5.11 Å².